The molecule has 0 aliphatic heterocycles. The second-order valence-electron chi connectivity index (χ2n) is 2.74. The first kappa shape index (κ1) is 16.8. The summed E-state index contributed by atoms with van der Waals surface area (Å²) in [7, 11) is -3.39. The van der Waals surface area contributed by atoms with E-state index < -0.39 is 16.6 Å². The topological polar surface area (TPSA) is 72.7 Å². The van der Waals surface area contributed by atoms with Crippen molar-refractivity contribution in [2.24, 2.45) is 0 Å². The van der Waals surface area contributed by atoms with Crippen LogP contribution in [0.2, 0.25) is 0 Å². The first-order valence-corrected chi connectivity index (χ1v) is 7.40. The van der Waals surface area contributed by atoms with Gasteiger partial charge in [-0.3, -0.25) is 9.11 Å². The standard InChI is InChI=1S/C8H11BrFNO3S.C2H6/c9-6-1-2-7(10)8(5-6)15(13,14)11-3-4-12;1-2/h1-2,5,11-14H,3-4H2;1-2H3. The summed E-state index contributed by atoms with van der Waals surface area (Å²) < 4.78 is 35.2. The van der Waals surface area contributed by atoms with E-state index in [1.54, 1.807) is 0 Å². The molecular weight excluding hydrogens is 313 g/mol. The van der Waals surface area contributed by atoms with E-state index in [9.17, 15) is 13.5 Å². The van der Waals surface area contributed by atoms with Crippen LogP contribution in [0.3, 0.4) is 0 Å². The zero-order valence-electron chi connectivity index (χ0n) is 9.65. The lowest BCUT2D eigenvalue weighted by Crippen LogP contribution is -2.24. The summed E-state index contributed by atoms with van der Waals surface area (Å²) in [5.74, 6) is -0.705. The van der Waals surface area contributed by atoms with E-state index in [4.69, 9.17) is 5.11 Å². The molecule has 4 N–H and O–H groups in total. The highest BCUT2D eigenvalue weighted by Crippen LogP contribution is 2.45. The molecule has 0 heterocycles. The van der Waals surface area contributed by atoms with Crippen LogP contribution in [0.1, 0.15) is 13.8 Å². The van der Waals surface area contributed by atoms with E-state index >= 15 is 0 Å². The first-order chi connectivity index (χ1) is 7.97. The molecule has 0 radical (unpaired) electrons. The lowest BCUT2D eigenvalue weighted by molar-refractivity contribution is 0.298. The Labute approximate surface area is 110 Å². The molecule has 1 aromatic rings. The smallest absolute Gasteiger partial charge is 0.147 e. The lowest BCUT2D eigenvalue weighted by Gasteiger charge is -2.33. The van der Waals surface area contributed by atoms with Crippen molar-refractivity contribution in [1.82, 2.24) is 4.72 Å². The number of hydrogen-bond donors (Lipinski definition) is 4. The van der Waals surface area contributed by atoms with Crippen LogP contribution in [-0.4, -0.2) is 27.4 Å². The molecular formula is C10H17BrFNO3S. The van der Waals surface area contributed by atoms with E-state index in [1.165, 1.54) is 12.1 Å². The summed E-state index contributed by atoms with van der Waals surface area (Å²) in [6, 6.07) is 3.88. The average molecular weight is 330 g/mol. The zero-order chi connectivity index (χ0) is 13.5. The van der Waals surface area contributed by atoms with Gasteiger partial charge < -0.3 is 5.11 Å². The Hall–Kier alpha value is -0.180. The van der Waals surface area contributed by atoms with Crippen LogP contribution in [0.25, 0.3) is 0 Å². The van der Waals surface area contributed by atoms with Crippen molar-refractivity contribution in [3.05, 3.63) is 28.5 Å². The van der Waals surface area contributed by atoms with Gasteiger partial charge >= 0.3 is 0 Å². The van der Waals surface area contributed by atoms with Gasteiger partial charge in [0.25, 0.3) is 0 Å². The fourth-order valence-corrected chi connectivity index (χ4v) is 2.64. The predicted octanol–water partition coefficient (Wildman–Crippen LogP) is 3.22. The Morgan fingerprint density at radius 2 is 1.94 bits per heavy atom. The molecule has 0 bridgehead atoms. The molecule has 0 fully saturated rings. The Balaban J connectivity index is 0.00000121. The van der Waals surface area contributed by atoms with Crippen molar-refractivity contribution < 1.29 is 18.6 Å². The number of benzene rings is 1. The molecule has 0 spiro atoms. The predicted molar refractivity (Wildman–Crippen MR) is 71.7 cm³/mol. The quantitative estimate of drug-likeness (QED) is 0.684. The van der Waals surface area contributed by atoms with Crippen LogP contribution < -0.4 is 4.72 Å². The van der Waals surface area contributed by atoms with Crippen molar-refractivity contribution in [2.75, 3.05) is 13.2 Å². The first-order valence-electron chi connectivity index (χ1n) is 5.06. The van der Waals surface area contributed by atoms with Crippen LogP contribution in [-0.2, 0) is 0 Å². The van der Waals surface area contributed by atoms with Gasteiger partial charge in [-0.15, -0.1) is 10.8 Å². The average Bonchev–Trinajstić information content (AvgIpc) is 2.32. The van der Waals surface area contributed by atoms with Gasteiger partial charge in [-0.2, -0.15) is 0 Å². The fraction of sp³-hybridized carbons (Fsp3) is 0.400. The minimum absolute atomic E-state index is 0.0196. The van der Waals surface area contributed by atoms with Crippen molar-refractivity contribution >= 4 is 26.7 Å². The van der Waals surface area contributed by atoms with Gasteiger partial charge in [0.05, 0.1) is 6.61 Å². The molecule has 1 aromatic carbocycles. The maximum absolute atomic E-state index is 13.3. The second kappa shape index (κ2) is 8.02. The zero-order valence-corrected chi connectivity index (χ0v) is 12.1. The van der Waals surface area contributed by atoms with Gasteiger partial charge in [-0.25, -0.2) is 9.11 Å². The van der Waals surface area contributed by atoms with Crippen LogP contribution in [0, 0.1) is 5.82 Å². The molecule has 100 valence electrons. The maximum atomic E-state index is 13.3. The number of aliphatic hydroxyl groups is 1. The van der Waals surface area contributed by atoms with Crippen LogP contribution >= 0.6 is 26.7 Å². The maximum Gasteiger partial charge on any atom is 0.147 e. The van der Waals surface area contributed by atoms with E-state index in [0.717, 1.165) is 6.07 Å². The Kier molecular flexibility index (Phi) is 7.93. The van der Waals surface area contributed by atoms with Gasteiger partial charge in [0, 0.05) is 11.0 Å². The highest BCUT2D eigenvalue weighted by molar-refractivity contribution is 9.10. The number of nitrogens with one attached hydrogen (secondary N) is 1. The summed E-state index contributed by atoms with van der Waals surface area (Å²) in [5.41, 5.74) is 0. The molecule has 17 heavy (non-hydrogen) atoms. The monoisotopic (exact) mass is 329 g/mol. The summed E-state index contributed by atoms with van der Waals surface area (Å²) in [6.07, 6.45) is 0. The minimum atomic E-state index is -3.39. The fourth-order valence-electron chi connectivity index (χ4n) is 0.961. The van der Waals surface area contributed by atoms with Crippen molar-refractivity contribution in [3.63, 3.8) is 0 Å². The number of hydrogen-bond acceptors (Lipinski definition) is 4. The highest BCUT2D eigenvalue weighted by atomic mass is 79.9. The molecule has 0 saturated heterocycles. The minimum Gasteiger partial charge on any atom is -0.395 e. The molecule has 0 aliphatic rings. The molecule has 4 nitrogen and oxygen atoms in total. The number of halogens is 2. The number of rotatable bonds is 4. The molecule has 0 amide bonds. The molecule has 0 unspecified atom stereocenters. The Morgan fingerprint density at radius 1 is 1.35 bits per heavy atom. The summed E-state index contributed by atoms with van der Waals surface area (Å²) in [5, 5.41) is 8.53. The van der Waals surface area contributed by atoms with Gasteiger partial charge in [0.1, 0.15) is 10.7 Å². The molecule has 1 rings (SSSR count). The summed E-state index contributed by atoms with van der Waals surface area (Å²) in [4.78, 5) is -0.217. The van der Waals surface area contributed by atoms with E-state index in [0.29, 0.717) is 4.47 Å². The van der Waals surface area contributed by atoms with E-state index in [2.05, 4.69) is 20.7 Å². The van der Waals surface area contributed by atoms with E-state index in [-0.39, 0.29) is 18.0 Å². The van der Waals surface area contributed by atoms with Crippen LogP contribution in [0.4, 0.5) is 4.39 Å². The van der Waals surface area contributed by atoms with Gasteiger partial charge in [0.2, 0.25) is 0 Å². The van der Waals surface area contributed by atoms with Crippen molar-refractivity contribution in [1.29, 1.82) is 0 Å². The Bertz CT molecular complexity index is 352. The third-order valence-corrected chi connectivity index (χ3v) is 3.64. The molecule has 0 aliphatic carbocycles. The second-order valence-corrected chi connectivity index (χ2v) is 5.48. The SMILES string of the molecule is CC.OCCNS(O)(O)c1cc(Br)ccc1F. The number of aliphatic hydroxyl groups excluding tert-OH is 1. The molecule has 0 atom stereocenters. The highest BCUT2D eigenvalue weighted by Gasteiger charge is 2.19. The normalized spacial score (nSPS) is 11.7. The Morgan fingerprint density at radius 3 is 2.47 bits per heavy atom. The van der Waals surface area contributed by atoms with E-state index in [1.807, 2.05) is 13.8 Å². The van der Waals surface area contributed by atoms with Crippen molar-refractivity contribution in [2.45, 2.75) is 18.7 Å². The molecule has 0 saturated carbocycles. The van der Waals surface area contributed by atoms with Gasteiger partial charge in [-0.05, 0) is 18.2 Å². The third-order valence-electron chi connectivity index (χ3n) is 1.62. The molecule has 0 aromatic heterocycles. The summed E-state index contributed by atoms with van der Waals surface area (Å²) >= 11 is 3.10. The van der Waals surface area contributed by atoms with Gasteiger partial charge in [-0.1, -0.05) is 29.8 Å². The lowest BCUT2D eigenvalue weighted by atomic mass is 10.3. The summed E-state index contributed by atoms with van der Waals surface area (Å²) in [6.45, 7) is 3.72. The molecule has 7 heteroatoms. The largest absolute Gasteiger partial charge is 0.395 e. The van der Waals surface area contributed by atoms with Crippen molar-refractivity contribution in [3.8, 4) is 0 Å². The van der Waals surface area contributed by atoms with Crippen LogP contribution in [0.15, 0.2) is 27.6 Å². The van der Waals surface area contributed by atoms with Crippen LogP contribution in [0.5, 0.6) is 0 Å². The third kappa shape index (κ3) is 5.33. The van der Waals surface area contributed by atoms with Gasteiger partial charge in [0.15, 0.2) is 0 Å².